The monoisotopic (exact) mass is 280 g/mol. The number of rotatable bonds is 5. The van der Waals surface area contributed by atoms with Crippen molar-refractivity contribution in [2.45, 2.75) is 18.9 Å². The number of carbonyl (C=O) groups is 1. The van der Waals surface area contributed by atoms with Crippen LogP contribution in [-0.2, 0) is 6.42 Å². The maximum absolute atomic E-state index is 11.6. The molecule has 0 aromatic carbocycles. The molecule has 1 atom stereocenters. The molecule has 0 aliphatic heterocycles. The molecule has 0 saturated heterocycles. The fourth-order valence-corrected chi connectivity index (χ4v) is 2.24. The average molecular weight is 280 g/mol. The van der Waals surface area contributed by atoms with Gasteiger partial charge in [-0.15, -0.1) is 11.3 Å². The van der Waals surface area contributed by atoms with E-state index in [1.54, 1.807) is 25.3 Å². The first-order chi connectivity index (χ1) is 9.05. The van der Waals surface area contributed by atoms with Gasteiger partial charge in [0, 0.05) is 13.0 Å². The number of thiophene rings is 1. The summed E-state index contributed by atoms with van der Waals surface area (Å²) >= 11 is 1.44. The lowest BCUT2D eigenvalue weighted by Gasteiger charge is -2.22. The summed E-state index contributed by atoms with van der Waals surface area (Å²) in [5, 5.41) is 18.1. The van der Waals surface area contributed by atoms with Gasteiger partial charge in [0.1, 0.15) is 5.76 Å². The van der Waals surface area contributed by atoms with Crippen LogP contribution in [-0.4, -0.2) is 23.3 Å². The summed E-state index contributed by atoms with van der Waals surface area (Å²) in [6, 6.07) is 6.89. The van der Waals surface area contributed by atoms with E-state index in [2.05, 4.69) is 10.6 Å². The van der Waals surface area contributed by atoms with Gasteiger partial charge in [-0.05, 0) is 36.6 Å². The van der Waals surface area contributed by atoms with Crippen LogP contribution >= 0.6 is 11.3 Å². The zero-order chi connectivity index (χ0) is 13.7. The van der Waals surface area contributed by atoms with Crippen molar-refractivity contribution in [3.63, 3.8) is 0 Å². The van der Waals surface area contributed by atoms with Crippen LogP contribution in [0.25, 0.3) is 0 Å². The van der Waals surface area contributed by atoms with E-state index in [4.69, 9.17) is 4.42 Å². The number of carbonyl (C=O) groups excluding carboxylic acids is 1. The first-order valence-corrected chi connectivity index (χ1v) is 6.76. The van der Waals surface area contributed by atoms with E-state index in [1.807, 2.05) is 17.5 Å². The highest BCUT2D eigenvalue weighted by atomic mass is 32.1. The third-order valence-electron chi connectivity index (χ3n) is 2.52. The van der Waals surface area contributed by atoms with E-state index >= 15 is 0 Å². The van der Waals surface area contributed by atoms with Crippen LogP contribution < -0.4 is 10.6 Å². The lowest BCUT2D eigenvalue weighted by molar-refractivity contribution is 0.0577. The van der Waals surface area contributed by atoms with Gasteiger partial charge in [-0.25, -0.2) is 4.79 Å². The Morgan fingerprint density at radius 1 is 1.47 bits per heavy atom. The molecule has 2 aromatic heterocycles. The van der Waals surface area contributed by atoms with Crippen LogP contribution in [0.5, 0.6) is 0 Å². The quantitative estimate of drug-likeness (QED) is 0.787. The molecule has 2 rings (SSSR count). The highest BCUT2D eigenvalue weighted by Gasteiger charge is 2.23. The van der Waals surface area contributed by atoms with E-state index in [9.17, 15) is 9.90 Å². The van der Waals surface area contributed by atoms with Crippen molar-refractivity contribution in [1.29, 1.82) is 0 Å². The van der Waals surface area contributed by atoms with Crippen molar-refractivity contribution < 1.29 is 14.3 Å². The van der Waals surface area contributed by atoms with Gasteiger partial charge in [0.15, 0.2) is 0 Å². The van der Waals surface area contributed by atoms with E-state index in [1.165, 1.54) is 11.3 Å². The highest BCUT2D eigenvalue weighted by molar-refractivity contribution is 7.14. The van der Waals surface area contributed by atoms with Crippen molar-refractivity contribution in [2.24, 2.45) is 0 Å². The molecule has 0 aliphatic carbocycles. The third kappa shape index (κ3) is 4.42. The normalized spacial score (nSPS) is 13.8. The minimum absolute atomic E-state index is 0.144. The fraction of sp³-hybridized carbons (Fsp3) is 0.308. The van der Waals surface area contributed by atoms with Crippen LogP contribution in [0.15, 0.2) is 40.3 Å². The minimum atomic E-state index is -1.05. The molecular weight excluding hydrogens is 264 g/mol. The van der Waals surface area contributed by atoms with Crippen molar-refractivity contribution in [1.82, 2.24) is 5.32 Å². The van der Waals surface area contributed by atoms with Gasteiger partial charge in [-0.3, -0.25) is 5.32 Å². The Bertz CT molecular complexity index is 506. The van der Waals surface area contributed by atoms with Gasteiger partial charge in [0.2, 0.25) is 0 Å². The predicted octanol–water partition coefficient (Wildman–Crippen LogP) is 2.46. The zero-order valence-electron chi connectivity index (χ0n) is 10.6. The second-order valence-corrected chi connectivity index (χ2v) is 5.49. The molecular formula is C13H16N2O3S. The number of anilines is 1. The first-order valence-electron chi connectivity index (χ1n) is 5.88. The third-order valence-corrected chi connectivity index (χ3v) is 3.31. The summed E-state index contributed by atoms with van der Waals surface area (Å²) in [5.74, 6) is 0.686. The Kier molecular flexibility index (Phi) is 4.24. The molecule has 6 heteroatoms. The van der Waals surface area contributed by atoms with Crippen LogP contribution in [0, 0.1) is 0 Å². The van der Waals surface area contributed by atoms with Gasteiger partial charge < -0.3 is 14.8 Å². The zero-order valence-corrected chi connectivity index (χ0v) is 11.4. The molecule has 0 aliphatic rings. The summed E-state index contributed by atoms with van der Waals surface area (Å²) in [6.45, 7) is 1.80. The second-order valence-electron chi connectivity index (χ2n) is 4.54. The van der Waals surface area contributed by atoms with E-state index < -0.39 is 5.60 Å². The SMILES string of the molecule is CC(O)(CNC(=O)Nc1cccs1)Cc1ccco1. The van der Waals surface area contributed by atoms with E-state index in [0.29, 0.717) is 12.2 Å². The summed E-state index contributed by atoms with van der Waals surface area (Å²) in [6.07, 6.45) is 1.90. The Morgan fingerprint density at radius 2 is 2.32 bits per heavy atom. The topological polar surface area (TPSA) is 74.5 Å². The predicted molar refractivity (Wildman–Crippen MR) is 74.4 cm³/mol. The highest BCUT2D eigenvalue weighted by Crippen LogP contribution is 2.15. The lowest BCUT2D eigenvalue weighted by atomic mass is 10.0. The number of furan rings is 1. The van der Waals surface area contributed by atoms with Crippen molar-refractivity contribution in [3.8, 4) is 0 Å². The van der Waals surface area contributed by atoms with Gasteiger partial charge in [-0.1, -0.05) is 0 Å². The second kappa shape index (κ2) is 5.90. The van der Waals surface area contributed by atoms with Crippen molar-refractivity contribution >= 4 is 22.4 Å². The maximum Gasteiger partial charge on any atom is 0.319 e. The smallest absolute Gasteiger partial charge is 0.319 e. The van der Waals surface area contributed by atoms with Crippen LogP contribution in [0.4, 0.5) is 9.80 Å². The largest absolute Gasteiger partial charge is 0.469 e. The van der Waals surface area contributed by atoms with Gasteiger partial charge in [0.05, 0.1) is 16.9 Å². The number of aliphatic hydroxyl groups is 1. The van der Waals surface area contributed by atoms with Crippen molar-refractivity contribution in [2.75, 3.05) is 11.9 Å². The molecule has 5 nitrogen and oxygen atoms in total. The number of urea groups is 1. The standard InChI is InChI=1S/C13H16N2O3S/c1-13(17,8-10-4-2-6-18-10)9-14-12(16)15-11-5-3-7-19-11/h2-7,17H,8-9H2,1H3,(H2,14,15,16). The first kappa shape index (κ1) is 13.6. The molecule has 19 heavy (non-hydrogen) atoms. The molecule has 1 unspecified atom stereocenters. The molecule has 3 N–H and O–H groups in total. The van der Waals surface area contributed by atoms with Crippen LogP contribution in [0.2, 0.25) is 0 Å². The van der Waals surface area contributed by atoms with Crippen LogP contribution in [0.3, 0.4) is 0 Å². The fourth-order valence-electron chi connectivity index (χ4n) is 1.63. The van der Waals surface area contributed by atoms with Gasteiger partial charge in [-0.2, -0.15) is 0 Å². The van der Waals surface area contributed by atoms with Gasteiger partial charge in [0.25, 0.3) is 0 Å². The number of hydrogen-bond donors (Lipinski definition) is 3. The summed E-state index contributed by atoms with van der Waals surface area (Å²) in [4.78, 5) is 11.6. The van der Waals surface area contributed by atoms with E-state index in [0.717, 1.165) is 5.00 Å². The minimum Gasteiger partial charge on any atom is -0.469 e. The average Bonchev–Trinajstić information content (AvgIpc) is 2.99. The molecule has 2 amide bonds. The van der Waals surface area contributed by atoms with E-state index in [-0.39, 0.29) is 12.6 Å². The molecule has 2 aromatic rings. The summed E-state index contributed by atoms with van der Waals surface area (Å²) in [7, 11) is 0. The Morgan fingerprint density at radius 3 is 2.95 bits per heavy atom. The summed E-state index contributed by atoms with van der Waals surface area (Å²) < 4.78 is 5.17. The molecule has 0 spiro atoms. The van der Waals surface area contributed by atoms with Crippen molar-refractivity contribution in [3.05, 3.63) is 41.7 Å². The number of hydrogen-bond acceptors (Lipinski definition) is 4. The molecule has 2 heterocycles. The lowest BCUT2D eigenvalue weighted by Crippen LogP contribution is -2.43. The molecule has 0 radical (unpaired) electrons. The summed E-state index contributed by atoms with van der Waals surface area (Å²) in [5.41, 5.74) is -1.05. The molecule has 0 fully saturated rings. The van der Waals surface area contributed by atoms with Crippen LogP contribution in [0.1, 0.15) is 12.7 Å². The molecule has 102 valence electrons. The Hall–Kier alpha value is -1.79. The maximum atomic E-state index is 11.6. The Labute approximate surface area is 115 Å². The van der Waals surface area contributed by atoms with Gasteiger partial charge >= 0.3 is 6.03 Å². The molecule has 0 bridgehead atoms. The molecule has 0 saturated carbocycles. The number of amides is 2. The number of nitrogens with one attached hydrogen (secondary N) is 2. The Balaban J connectivity index is 1.78.